The quantitative estimate of drug-likeness (QED) is 0.376. The molecule has 0 N–H and O–H groups in total. The molecule has 7 heteroatoms. The summed E-state index contributed by atoms with van der Waals surface area (Å²) in [5.74, 6) is 1.82. The molecule has 2 aromatic carbocycles. The standard InChI is InChI=1S/C15H12Br2O5/c16-9-19-11-3-1-5-13(7-11)21-15(18)22-14-6-2-4-12(8-14)20-10-17/h1-8H,9-10H2. The molecule has 0 aromatic heterocycles. The summed E-state index contributed by atoms with van der Waals surface area (Å²) in [6, 6.07) is 13.4. The first-order chi connectivity index (χ1) is 10.7. The molecule has 22 heavy (non-hydrogen) atoms. The minimum Gasteiger partial charge on any atom is -0.482 e. The lowest BCUT2D eigenvalue weighted by Crippen LogP contribution is -2.13. The monoisotopic (exact) mass is 430 g/mol. The Kier molecular flexibility index (Phi) is 6.54. The molecule has 0 heterocycles. The molecule has 0 fully saturated rings. The fourth-order valence-corrected chi connectivity index (χ4v) is 2.12. The van der Waals surface area contributed by atoms with Crippen LogP contribution in [0.5, 0.6) is 23.0 Å². The number of alkyl halides is 2. The van der Waals surface area contributed by atoms with E-state index in [0.29, 0.717) is 34.0 Å². The van der Waals surface area contributed by atoms with Crippen LogP contribution in [0.2, 0.25) is 0 Å². The van der Waals surface area contributed by atoms with Crippen molar-refractivity contribution < 1.29 is 23.7 Å². The van der Waals surface area contributed by atoms with Crippen molar-refractivity contribution in [3.05, 3.63) is 48.5 Å². The zero-order valence-electron chi connectivity index (χ0n) is 11.3. The molecule has 0 unspecified atom stereocenters. The summed E-state index contributed by atoms with van der Waals surface area (Å²) in [7, 11) is 0. The lowest BCUT2D eigenvalue weighted by Gasteiger charge is -2.08. The maximum atomic E-state index is 11.8. The average Bonchev–Trinajstić information content (AvgIpc) is 2.48. The van der Waals surface area contributed by atoms with Gasteiger partial charge in [0.05, 0.1) is 0 Å². The SMILES string of the molecule is O=C(Oc1cccc(OCBr)c1)Oc1cccc(OCBr)c1. The molecule has 116 valence electrons. The molecule has 0 saturated heterocycles. The van der Waals surface area contributed by atoms with Gasteiger partial charge in [-0.1, -0.05) is 12.1 Å². The topological polar surface area (TPSA) is 54.0 Å². The number of hydrogen-bond donors (Lipinski definition) is 0. The van der Waals surface area contributed by atoms with Crippen LogP contribution in [-0.2, 0) is 0 Å². The number of carbonyl (C=O) groups is 1. The van der Waals surface area contributed by atoms with Crippen LogP contribution < -0.4 is 18.9 Å². The Balaban J connectivity index is 1.97. The van der Waals surface area contributed by atoms with Crippen molar-refractivity contribution >= 4 is 38.0 Å². The fraction of sp³-hybridized carbons (Fsp3) is 0.133. The molecule has 2 aromatic rings. The van der Waals surface area contributed by atoms with E-state index < -0.39 is 6.16 Å². The van der Waals surface area contributed by atoms with E-state index in [-0.39, 0.29) is 0 Å². The Morgan fingerprint density at radius 3 is 1.59 bits per heavy atom. The third kappa shape index (κ3) is 5.23. The van der Waals surface area contributed by atoms with Crippen molar-refractivity contribution in [2.24, 2.45) is 0 Å². The number of rotatable bonds is 6. The summed E-state index contributed by atoms with van der Waals surface area (Å²) in [6.45, 7) is 0. The van der Waals surface area contributed by atoms with Gasteiger partial charge in [-0.15, -0.1) is 0 Å². The van der Waals surface area contributed by atoms with Crippen LogP contribution >= 0.6 is 31.9 Å². The molecule has 0 radical (unpaired) electrons. The number of carbonyl (C=O) groups excluding carboxylic acids is 1. The summed E-state index contributed by atoms with van der Waals surface area (Å²) in [5, 5.41) is 0. The smallest absolute Gasteiger partial charge is 0.482 e. The molecule has 2 rings (SSSR count). The molecular weight excluding hydrogens is 420 g/mol. The van der Waals surface area contributed by atoms with Crippen LogP contribution in [0.25, 0.3) is 0 Å². The highest BCUT2D eigenvalue weighted by atomic mass is 79.9. The second-order valence-electron chi connectivity index (χ2n) is 3.91. The number of hydrogen-bond acceptors (Lipinski definition) is 5. The Morgan fingerprint density at radius 1 is 0.773 bits per heavy atom. The van der Waals surface area contributed by atoms with E-state index >= 15 is 0 Å². The average molecular weight is 432 g/mol. The zero-order valence-corrected chi connectivity index (χ0v) is 14.5. The summed E-state index contributed by atoms with van der Waals surface area (Å²) in [6.07, 6.45) is -0.841. The highest BCUT2D eigenvalue weighted by Crippen LogP contribution is 2.22. The number of halogens is 2. The van der Waals surface area contributed by atoms with Crippen LogP contribution in [0.4, 0.5) is 4.79 Å². The van der Waals surface area contributed by atoms with Crippen LogP contribution in [0.3, 0.4) is 0 Å². The molecule has 0 aliphatic heterocycles. The maximum Gasteiger partial charge on any atom is 0.519 e. The first kappa shape index (κ1) is 16.6. The number of benzene rings is 2. The van der Waals surface area contributed by atoms with E-state index in [1.807, 2.05) is 0 Å². The third-order valence-electron chi connectivity index (χ3n) is 2.46. The Hall–Kier alpha value is -1.73. The molecule has 5 nitrogen and oxygen atoms in total. The lowest BCUT2D eigenvalue weighted by molar-refractivity contribution is 0.151. The van der Waals surface area contributed by atoms with E-state index in [0.717, 1.165) is 0 Å². The predicted molar refractivity (Wildman–Crippen MR) is 88.4 cm³/mol. The van der Waals surface area contributed by atoms with Gasteiger partial charge in [0.25, 0.3) is 0 Å². The molecule has 0 amide bonds. The van der Waals surface area contributed by atoms with Gasteiger partial charge in [0.2, 0.25) is 0 Å². The normalized spacial score (nSPS) is 9.91. The second kappa shape index (κ2) is 8.65. The summed E-state index contributed by atoms with van der Waals surface area (Å²) < 4.78 is 20.7. The van der Waals surface area contributed by atoms with Crippen molar-refractivity contribution in [1.29, 1.82) is 0 Å². The molecule has 0 saturated carbocycles. The van der Waals surface area contributed by atoms with Gasteiger partial charge in [-0.25, -0.2) is 4.79 Å². The molecule has 0 aliphatic carbocycles. The van der Waals surface area contributed by atoms with Crippen LogP contribution in [0, 0.1) is 0 Å². The fourth-order valence-electron chi connectivity index (χ4n) is 1.59. The van der Waals surface area contributed by atoms with Gasteiger partial charge in [0.1, 0.15) is 34.0 Å². The van der Waals surface area contributed by atoms with E-state index in [1.54, 1.807) is 48.5 Å². The molecule has 0 spiro atoms. The first-order valence-corrected chi connectivity index (χ1v) is 8.43. The molecule has 0 bridgehead atoms. The summed E-state index contributed by atoms with van der Waals surface area (Å²) in [4.78, 5) is 11.8. The Bertz CT molecular complexity index is 579. The van der Waals surface area contributed by atoms with Crippen molar-refractivity contribution in [1.82, 2.24) is 0 Å². The van der Waals surface area contributed by atoms with Gasteiger partial charge in [-0.2, -0.15) is 0 Å². The van der Waals surface area contributed by atoms with E-state index in [4.69, 9.17) is 18.9 Å². The van der Waals surface area contributed by atoms with Crippen LogP contribution in [0.15, 0.2) is 48.5 Å². The zero-order chi connectivity index (χ0) is 15.8. The molecule has 0 aliphatic rings. The number of ether oxygens (including phenoxy) is 4. The summed E-state index contributed by atoms with van der Waals surface area (Å²) >= 11 is 6.31. The second-order valence-corrected chi connectivity index (χ2v) is 4.83. The highest BCUT2D eigenvalue weighted by Gasteiger charge is 2.09. The first-order valence-electron chi connectivity index (χ1n) is 6.18. The maximum absolute atomic E-state index is 11.8. The molecular formula is C15H12Br2O5. The van der Waals surface area contributed by atoms with Crippen molar-refractivity contribution in [2.75, 3.05) is 11.0 Å². The summed E-state index contributed by atoms with van der Waals surface area (Å²) in [5.41, 5.74) is 0.697. The minimum absolute atomic E-state index is 0.330. The van der Waals surface area contributed by atoms with E-state index in [1.165, 1.54) is 0 Å². The van der Waals surface area contributed by atoms with Gasteiger partial charge in [-0.05, 0) is 56.1 Å². The lowest BCUT2D eigenvalue weighted by atomic mass is 10.3. The van der Waals surface area contributed by atoms with Gasteiger partial charge in [0.15, 0.2) is 0 Å². The van der Waals surface area contributed by atoms with Crippen molar-refractivity contribution in [3.8, 4) is 23.0 Å². The largest absolute Gasteiger partial charge is 0.519 e. The van der Waals surface area contributed by atoms with Gasteiger partial charge in [0, 0.05) is 12.1 Å². The van der Waals surface area contributed by atoms with Gasteiger partial charge >= 0.3 is 6.16 Å². The van der Waals surface area contributed by atoms with Gasteiger partial charge < -0.3 is 18.9 Å². The van der Waals surface area contributed by atoms with Crippen LogP contribution in [-0.4, -0.2) is 17.2 Å². The highest BCUT2D eigenvalue weighted by molar-refractivity contribution is 9.09. The predicted octanol–water partition coefficient (Wildman–Crippen LogP) is 4.73. The Labute approximate surface area is 144 Å². The Morgan fingerprint density at radius 2 is 1.18 bits per heavy atom. The van der Waals surface area contributed by atoms with E-state index in [9.17, 15) is 4.79 Å². The third-order valence-corrected chi connectivity index (χ3v) is 2.91. The minimum atomic E-state index is -0.841. The van der Waals surface area contributed by atoms with E-state index in [2.05, 4.69) is 31.9 Å². The van der Waals surface area contributed by atoms with Crippen molar-refractivity contribution in [2.45, 2.75) is 0 Å². The van der Waals surface area contributed by atoms with Gasteiger partial charge in [-0.3, -0.25) is 0 Å². The van der Waals surface area contributed by atoms with Crippen LogP contribution in [0.1, 0.15) is 0 Å². The van der Waals surface area contributed by atoms with Crippen molar-refractivity contribution in [3.63, 3.8) is 0 Å². The molecule has 0 atom stereocenters.